The second kappa shape index (κ2) is 8.61. The van der Waals surface area contributed by atoms with E-state index in [9.17, 15) is 4.79 Å². The molecule has 0 aliphatic carbocycles. The van der Waals surface area contributed by atoms with Crippen LogP contribution >= 0.6 is 11.6 Å². The molecule has 29 heavy (non-hydrogen) atoms. The van der Waals surface area contributed by atoms with E-state index in [1.807, 2.05) is 29.2 Å². The first-order valence-electron chi connectivity index (χ1n) is 9.63. The fourth-order valence-corrected chi connectivity index (χ4v) is 3.81. The second-order valence-electron chi connectivity index (χ2n) is 7.22. The van der Waals surface area contributed by atoms with Gasteiger partial charge in [0.1, 0.15) is 11.3 Å². The number of halogens is 1. The van der Waals surface area contributed by atoms with Crippen molar-refractivity contribution < 1.29 is 9.53 Å². The monoisotopic (exact) mass is 411 g/mol. The Balaban J connectivity index is 1.49. The van der Waals surface area contributed by atoms with Crippen LogP contribution in [-0.2, 0) is 0 Å². The number of H-pyrrole nitrogens is 1. The number of amides is 1. The number of carbonyl (C=O) groups excluding carboxylic acids is 1. The van der Waals surface area contributed by atoms with E-state index >= 15 is 0 Å². The zero-order valence-electron chi connectivity index (χ0n) is 16.1. The Morgan fingerprint density at radius 2 is 2.10 bits per heavy atom. The largest absolute Gasteiger partial charge is 0.476 e. The number of likely N-dealkylation sites (tertiary alicyclic amines) is 1. The number of aromatic nitrogens is 4. The van der Waals surface area contributed by atoms with Gasteiger partial charge in [-0.2, -0.15) is 5.10 Å². The number of carbonyl (C=O) groups is 1. The third kappa shape index (κ3) is 4.24. The molecule has 1 saturated heterocycles. The zero-order chi connectivity index (χ0) is 20.2. The van der Waals surface area contributed by atoms with Crippen LogP contribution in [0, 0.1) is 5.92 Å². The number of hydrogen-bond donors (Lipinski definition) is 1. The molecule has 3 heterocycles. The molecule has 1 amide bonds. The van der Waals surface area contributed by atoms with Crippen LogP contribution in [0.1, 0.15) is 30.1 Å². The van der Waals surface area contributed by atoms with Gasteiger partial charge < -0.3 is 9.64 Å². The zero-order valence-corrected chi connectivity index (χ0v) is 16.8. The summed E-state index contributed by atoms with van der Waals surface area (Å²) in [4.78, 5) is 23.7. The molecule has 0 radical (unpaired) electrons. The molecule has 8 heteroatoms. The summed E-state index contributed by atoms with van der Waals surface area (Å²) in [6.45, 7) is 3.17. The summed E-state index contributed by atoms with van der Waals surface area (Å²) in [6.07, 6.45) is 5.06. The van der Waals surface area contributed by atoms with E-state index in [-0.39, 0.29) is 17.9 Å². The molecule has 4 rings (SSSR count). The fraction of sp³-hybridized carbons (Fsp3) is 0.333. The summed E-state index contributed by atoms with van der Waals surface area (Å²) >= 11 is 6.12. The van der Waals surface area contributed by atoms with Crippen molar-refractivity contribution in [3.8, 4) is 17.3 Å². The number of hydrogen-bond acceptors (Lipinski definition) is 5. The summed E-state index contributed by atoms with van der Waals surface area (Å²) in [5, 5.41) is 7.33. The second-order valence-corrected chi connectivity index (χ2v) is 7.63. The van der Waals surface area contributed by atoms with Gasteiger partial charge in [0.25, 0.3) is 5.91 Å². The van der Waals surface area contributed by atoms with Gasteiger partial charge in [-0.15, -0.1) is 0 Å². The van der Waals surface area contributed by atoms with E-state index in [0.717, 1.165) is 18.4 Å². The molecule has 1 N–H and O–H groups in total. The average Bonchev–Trinajstić information content (AvgIpc) is 3.28. The molecule has 1 aliphatic rings. The van der Waals surface area contributed by atoms with Crippen LogP contribution < -0.4 is 4.74 Å². The first-order valence-corrected chi connectivity index (χ1v) is 10.0. The first kappa shape index (κ1) is 19.4. The third-order valence-electron chi connectivity index (χ3n) is 5.23. The van der Waals surface area contributed by atoms with Crippen LogP contribution in [-0.4, -0.2) is 50.2 Å². The number of rotatable bonds is 5. The highest BCUT2D eigenvalue weighted by molar-refractivity contribution is 6.31. The van der Waals surface area contributed by atoms with Crippen molar-refractivity contribution in [3.05, 3.63) is 59.5 Å². The summed E-state index contributed by atoms with van der Waals surface area (Å²) in [7, 11) is 0. The Morgan fingerprint density at radius 3 is 2.90 bits per heavy atom. The maximum atomic E-state index is 13.4. The van der Waals surface area contributed by atoms with Gasteiger partial charge in [0, 0.05) is 30.3 Å². The highest BCUT2D eigenvalue weighted by atomic mass is 35.5. The Kier molecular flexibility index (Phi) is 5.76. The SMILES string of the molecule is CC1CCC(COc2ncccc2Cl)CN1C(=O)c1ccccc1-c1nc[nH]n1. The molecule has 2 aromatic heterocycles. The van der Waals surface area contributed by atoms with Crippen LogP contribution in [0.4, 0.5) is 0 Å². The number of benzene rings is 1. The predicted octanol–water partition coefficient (Wildman–Crippen LogP) is 3.84. The van der Waals surface area contributed by atoms with Crippen LogP contribution in [0.3, 0.4) is 0 Å². The first-order chi connectivity index (χ1) is 14.1. The number of ether oxygens (including phenoxy) is 1. The lowest BCUT2D eigenvalue weighted by Gasteiger charge is -2.38. The molecular formula is C21H22ClN5O2. The highest BCUT2D eigenvalue weighted by Crippen LogP contribution is 2.28. The normalized spacial score (nSPS) is 19.2. The Morgan fingerprint density at radius 1 is 1.24 bits per heavy atom. The Labute approximate surface area is 174 Å². The number of nitrogens with zero attached hydrogens (tertiary/aromatic N) is 4. The topological polar surface area (TPSA) is 84.0 Å². The summed E-state index contributed by atoms with van der Waals surface area (Å²) < 4.78 is 5.82. The van der Waals surface area contributed by atoms with Crippen molar-refractivity contribution >= 4 is 17.5 Å². The molecule has 7 nitrogen and oxygen atoms in total. The minimum atomic E-state index is -0.0153. The van der Waals surface area contributed by atoms with E-state index in [1.54, 1.807) is 18.3 Å². The van der Waals surface area contributed by atoms with Gasteiger partial charge in [0.05, 0.1) is 12.2 Å². The number of nitrogens with one attached hydrogen (secondary N) is 1. The maximum Gasteiger partial charge on any atom is 0.254 e. The van der Waals surface area contributed by atoms with Crippen LogP contribution in [0.25, 0.3) is 11.4 Å². The summed E-state index contributed by atoms with van der Waals surface area (Å²) in [6, 6.07) is 11.1. The lowest BCUT2D eigenvalue weighted by molar-refractivity contribution is 0.0503. The molecule has 1 aliphatic heterocycles. The average molecular weight is 412 g/mol. The lowest BCUT2D eigenvalue weighted by Crippen LogP contribution is -2.47. The Hall–Kier alpha value is -2.93. The molecule has 0 saturated carbocycles. The van der Waals surface area contributed by atoms with Gasteiger partial charge in [0.15, 0.2) is 5.82 Å². The molecule has 3 aromatic rings. The molecule has 2 atom stereocenters. The van der Waals surface area contributed by atoms with Crippen LogP contribution in [0.15, 0.2) is 48.9 Å². The molecule has 0 bridgehead atoms. The minimum absolute atomic E-state index is 0.0153. The molecule has 2 unspecified atom stereocenters. The summed E-state index contributed by atoms with van der Waals surface area (Å²) in [5.41, 5.74) is 1.33. The molecule has 150 valence electrons. The third-order valence-corrected chi connectivity index (χ3v) is 5.52. The molecular weight excluding hydrogens is 390 g/mol. The van der Waals surface area contributed by atoms with Crippen molar-refractivity contribution in [3.63, 3.8) is 0 Å². The standard InChI is InChI=1S/C21H22ClN5O2/c1-14-8-9-15(12-29-20-18(22)7-4-10-23-20)11-27(14)21(28)17-6-3-2-5-16(17)19-24-13-25-26-19/h2-7,10,13-15H,8-9,11-12H2,1H3,(H,24,25,26). The van der Waals surface area contributed by atoms with Crippen LogP contribution in [0.5, 0.6) is 5.88 Å². The van der Waals surface area contributed by atoms with E-state index < -0.39 is 0 Å². The van der Waals surface area contributed by atoms with Gasteiger partial charge in [-0.25, -0.2) is 9.97 Å². The smallest absolute Gasteiger partial charge is 0.254 e. The predicted molar refractivity (Wildman–Crippen MR) is 110 cm³/mol. The van der Waals surface area contributed by atoms with Gasteiger partial charge >= 0.3 is 0 Å². The lowest BCUT2D eigenvalue weighted by atomic mass is 9.92. The number of aromatic amines is 1. The fourth-order valence-electron chi connectivity index (χ4n) is 3.63. The minimum Gasteiger partial charge on any atom is -0.476 e. The summed E-state index contributed by atoms with van der Waals surface area (Å²) in [5.74, 6) is 1.14. The molecule has 1 fully saturated rings. The van der Waals surface area contributed by atoms with Crippen molar-refractivity contribution in [1.29, 1.82) is 0 Å². The van der Waals surface area contributed by atoms with Gasteiger partial charge in [-0.1, -0.05) is 29.8 Å². The number of piperidine rings is 1. The van der Waals surface area contributed by atoms with Gasteiger partial charge in [-0.3, -0.25) is 9.89 Å². The highest BCUT2D eigenvalue weighted by Gasteiger charge is 2.31. The van der Waals surface area contributed by atoms with E-state index in [1.165, 1.54) is 6.33 Å². The molecule has 0 spiro atoms. The van der Waals surface area contributed by atoms with Crippen molar-refractivity contribution in [1.82, 2.24) is 25.1 Å². The van der Waals surface area contributed by atoms with Crippen molar-refractivity contribution in [2.75, 3.05) is 13.2 Å². The Bertz CT molecular complexity index is 979. The molecule has 1 aromatic carbocycles. The van der Waals surface area contributed by atoms with Gasteiger partial charge in [-0.05, 0) is 38.0 Å². The van der Waals surface area contributed by atoms with E-state index in [2.05, 4.69) is 27.1 Å². The van der Waals surface area contributed by atoms with Gasteiger partial charge in [0.2, 0.25) is 5.88 Å². The van der Waals surface area contributed by atoms with E-state index in [4.69, 9.17) is 16.3 Å². The van der Waals surface area contributed by atoms with Crippen molar-refractivity contribution in [2.24, 2.45) is 5.92 Å². The number of pyridine rings is 1. The van der Waals surface area contributed by atoms with Crippen molar-refractivity contribution in [2.45, 2.75) is 25.8 Å². The quantitative estimate of drug-likeness (QED) is 0.689. The maximum absolute atomic E-state index is 13.4. The van der Waals surface area contributed by atoms with E-state index in [0.29, 0.717) is 35.4 Å². The van der Waals surface area contributed by atoms with Crippen LogP contribution in [0.2, 0.25) is 5.02 Å².